The molecule has 0 radical (unpaired) electrons. The molecule has 0 bridgehead atoms. The number of nitrogens with one attached hydrogen (secondary N) is 1. The lowest BCUT2D eigenvalue weighted by Gasteiger charge is -2.09. The predicted octanol–water partition coefficient (Wildman–Crippen LogP) is 4.70. The fourth-order valence-corrected chi connectivity index (χ4v) is 2.75. The first-order valence-corrected chi connectivity index (χ1v) is 9.26. The highest BCUT2D eigenvalue weighted by Crippen LogP contribution is 2.17. The summed E-state index contributed by atoms with van der Waals surface area (Å²) in [4.78, 5) is 11.5. The minimum atomic E-state index is -0.581. The van der Waals surface area contributed by atoms with E-state index in [1.165, 1.54) is 5.56 Å². The molecular formula is C18H19ClN2O2S. The quantitative estimate of drug-likeness (QED) is 0.598. The van der Waals surface area contributed by atoms with Gasteiger partial charge in [-0.3, -0.25) is 0 Å². The minimum Gasteiger partial charge on any atom is -0.449 e. The summed E-state index contributed by atoms with van der Waals surface area (Å²) in [7, 11) is 0. The van der Waals surface area contributed by atoms with Crippen LogP contribution in [0.25, 0.3) is 0 Å². The third-order valence-corrected chi connectivity index (χ3v) is 4.06. The zero-order valence-electron chi connectivity index (χ0n) is 13.6. The SMILES string of the molecule is CCOC(=O)N/N=C(\c1ccc(Cl)cc1)c1ccc(CSC)cc1. The van der Waals surface area contributed by atoms with Crippen molar-refractivity contribution < 1.29 is 9.53 Å². The third-order valence-electron chi connectivity index (χ3n) is 3.19. The number of nitrogens with zero attached hydrogens (tertiary/aromatic N) is 1. The largest absolute Gasteiger partial charge is 0.449 e. The van der Waals surface area contributed by atoms with Crippen LogP contribution in [0.1, 0.15) is 23.6 Å². The smallest absolute Gasteiger partial charge is 0.427 e. The summed E-state index contributed by atoms with van der Waals surface area (Å²) in [5.74, 6) is 0.953. The number of hydrogen-bond donors (Lipinski definition) is 1. The lowest BCUT2D eigenvalue weighted by Crippen LogP contribution is -2.21. The molecule has 1 N–H and O–H groups in total. The van der Waals surface area contributed by atoms with Gasteiger partial charge in [-0.1, -0.05) is 48.0 Å². The second-order valence-electron chi connectivity index (χ2n) is 4.93. The molecule has 1 amide bonds. The van der Waals surface area contributed by atoms with E-state index in [2.05, 4.69) is 28.9 Å². The molecule has 0 atom stereocenters. The van der Waals surface area contributed by atoms with Crippen molar-refractivity contribution in [2.75, 3.05) is 12.9 Å². The van der Waals surface area contributed by atoms with E-state index in [4.69, 9.17) is 16.3 Å². The highest BCUT2D eigenvalue weighted by molar-refractivity contribution is 7.97. The Morgan fingerprint density at radius 3 is 2.25 bits per heavy atom. The number of carbonyl (C=O) groups excluding carboxylic acids is 1. The van der Waals surface area contributed by atoms with Gasteiger partial charge in [-0.15, -0.1) is 0 Å². The van der Waals surface area contributed by atoms with Crippen LogP contribution in [0.5, 0.6) is 0 Å². The molecule has 0 aliphatic heterocycles. The second-order valence-corrected chi connectivity index (χ2v) is 6.23. The molecule has 0 aromatic heterocycles. The van der Waals surface area contributed by atoms with E-state index in [9.17, 15) is 4.79 Å². The average Bonchev–Trinajstić information content (AvgIpc) is 2.58. The lowest BCUT2D eigenvalue weighted by molar-refractivity contribution is 0.152. The molecule has 0 heterocycles. The van der Waals surface area contributed by atoms with Gasteiger partial charge in [0.25, 0.3) is 0 Å². The van der Waals surface area contributed by atoms with Crippen LogP contribution in [0, 0.1) is 0 Å². The van der Waals surface area contributed by atoms with Crippen LogP contribution in [0.15, 0.2) is 53.6 Å². The monoisotopic (exact) mass is 362 g/mol. The Balaban J connectivity index is 2.32. The Hall–Kier alpha value is -1.98. The highest BCUT2D eigenvalue weighted by Gasteiger charge is 2.09. The molecule has 0 spiro atoms. The van der Waals surface area contributed by atoms with Gasteiger partial charge in [-0.2, -0.15) is 16.9 Å². The van der Waals surface area contributed by atoms with Gasteiger partial charge in [0, 0.05) is 21.9 Å². The zero-order valence-corrected chi connectivity index (χ0v) is 15.2. The summed E-state index contributed by atoms with van der Waals surface area (Å²) in [6.07, 6.45) is 1.49. The molecule has 2 aromatic rings. The molecule has 6 heteroatoms. The number of hydrazone groups is 1. The molecule has 0 aliphatic carbocycles. The van der Waals surface area contributed by atoms with Crippen molar-refractivity contribution in [1.29, 1.82) is 0 Å². The molecule has 2 aromatic carbocycles. The molecule has 0 aliphatic rings. The van der Waals surface area contributed by atoms with Crippen LogP contribution < -0.4 is 5.43 Å². The summed E-state index contributed by atoms with van der Waals surface area (Å²) < 4.78 is 4.85. The van der Waals surface area contributed by atoms with Crippen LogP contribution >= 0.6 is 23.4 Å². The van der Waals surface area contributed by atoms with Crippen LogP contribution in [-0.4, -0.2) is 24.7 Å². The summed E-state index contributed by atoms with van der Waals surface area (Å²) in [6, 6.07) is 15.4. The van der Waals surface area contributed by atoms with Crippen LogP contribution in [0.3, 0.4) is 0 Å². The van der Waals surface area contributed by atoms with E-state index in [0.29, 0.717) is 17.3 Å². The van der Waals surface area contributed by atoms with Gasteiger partial charge < -0.3 is 4.74 Å². The first-order valence-electron chi connectivity index (χ1n) is 7.48. The maximum atomic E-state index is 11.5. The number of rotatable bonds is 6. The molecular weight excluding hydrogens is 344 g/mol. The van der Waals surface area contributed by atoms with Gasteiger partial charge in [-0.25, -0.2) is 10.2 Å². The molecule has 2 rings (SSSR count). The molecule has 0 fully saturated rings. The zero-order chi connectivity index (χ0) is 17.4. The average molecular weight is 363 g/mol. The summed E-state index contributed by atoms with van der Waals surface area (Å²) in [5, 5.41) is 4.88. The summed E-state index contributed by atoms with van der Waals surface area (Å²) in [6.45, 7) is 2.04. The molecule has 24 heavy (non-hydrogen) atoms. The number of carbonyl (C=O) groups is 1. The van der Waals surface area contributed by atoms with Crippen LogP contribution in [0.4, 0.5) is 4.79 Å². The first-order chi connectivity index (χ1) is 11.6. The molecule has 126 valence electrons. The van der Waals surface area contributed by atoms with Gasteiger partial charge in [0.2, 0.25) is 0 Å². The van der Waals surface area contributed by atoms with Crippen molar-refractivity contribution in [3.05, 3.63) is 70.2 Å². The Kier molecular flexibility index (Phi) is 7.15. The fourth-order valence-electron chi connectivity index (χ4n) is 2.09. The van der Waals surface area contributed by atoms with Gasteiger partial charge in [-0.05, 0) is 30.9 Å². The Bertz CT molecular complexity index is 700. The summed E-state index contributed by atoms with van der Waals surface area (Å²) >= 11 is 7.72. The number of halogens is 1. The minimum absolute atomic E-state index is 0.293. The highest BCUT2D eigenvalue weighted by atomic mass is 35.5. The Labute approximate surface area is 151 Å². The van der Waals surface area contributed by atoms with Crippen molar-refractivity contribution in [2.45, 2.75) is 12.7 Å². The van der Waals surface area contributed by atoms with Crippen LogP contribution in [0.2, 0.25) is 5.02 Å². The van der Waals surface area contributed by atoms with E-state index in [1.54, 1.807) is 30.8 Å². The number of thioether (sulfide) groups is 1. The van der Waals surface area contributed by atoms with E-state index in [0.717, 1.165) is 16.9 Å². The maximum Gasteiger partial charge on any atom is 0.427 e. The summed E-state index contributed by atoms with van der Waals surface area (Å²) in [5.41, 5.74) is 6.07. The van der Waals surface area contributed by atoms with Crippen molar-refractivity contribution in [3.8, 4) is 0 Å². The molecule has 0 unspecified atom stereocenters. The van der Waals surface area contributed by atoms with Crippen molar-refractivity contribution >= 4 is 35.2 Å². The van der Waals surface area contributed by atoms with E-state index >= 15 is 0 Å². The van der Waals surface area contributed by atoms with Gasteiger partial charge in [0.05, 0.1) is 12.3 Å². The third kappa shape index (κ3) is 5.28. The molecule has 4 nitrogen and oxygen atoms in total. The number of amides is 1. The topological polar surface area (TPSA) is 50.7 Å². The number of ether oxygens (including phenoxy) is 1. The predicted molar refractivity (Wildman–Crippen MR) is 101 cm³/mol. The molecule has 0 saturated carbocycles. The number of benzene rings is 2. The second kappa shape index (κ2) is 9.35. The Morgan fingerprint density at radius 2 is 1.71 bits per heavy atom. The van der Waals surface area contributed by atoms with E-state index in [1.807, 2.05) is 24.3 Å². The normalized spacial score (nSPS) is 11.2. The van der Waals surface area contributed by atoms with Crippen molar-refractivity contribution in [1.82, 2.24) is 5.43 Å². The van der Waals surface area contributed by atoms with E-state index < -0.39 is 6.09 Å². The molecule has 0 saturated heterocycles. The van der Waals surface area contributed by atoms with Gasteiger partial charge in [0.1, 0.15) is 0 Å². The van der Waals surface area contributed by atoms with E-state index in [-0.39, 0.29) is 0 Å². The number of hydrogen-bond acceptors (Lipinski definition) is 4. The van der Waals surface area contributed by atoms with Crippen molar-refractivity contribution in [3.63, 3.8) is 0 Å². The fraction of sp³-hybridized carbons (Fsp3) is 0.222. The maximum absolute atomic E-state index is 11.5. The van der Waals surface area contributed by atoms with Crippen molar-refractivity contribution in [2.24, 2.45) is 5.10 Å². The van der Waals surface area contributed by atoms with Crippen LogP contribution in [-0.2, 0) is 10.5 Å². The van der Waals surface area contributed by atoms with Gasteiger partial charge in [0.15, 0.2) is 0 Å². The van der Waals surface area contributed by atoms with Gasteiger partial charge >= 0.3 is 6.09 Å². The first kappa shape index (κ1) is 18.4. The lowest BCUT2D eigenvalue weighted by atomic mass is 10.0. The Morgan fingerprint density at radius 1 is 1.12 bits per heavy atom. The standard InChI is InChI=1S/C18H19ClN2O2S/c1-3-23-18(22)21-20-17(15-8-10-16(19)11-9-15)14-6-4-13(5-7-14)12-24-2/h4-11H,3,12H2,1-2H3,(H,21,22)/b20-17-.